The molecule has 1 aliphatic heterocycles. The summed E-state index contributed by atoms with van der Waals surface area (Å²) < 4.78 is 6.96. The summed E-state index contributed by atoms with van der Waals surface area (Å²) in [6.45, 7) is 0. The Morgan fingerprint density at radius 2 is 2.25 bits per heavy atom. The smallest absolute Gasteiger partial charge is 0.176 e. The molecular formula is C13H12BrNO. The second kappa shape index (κ2) is 3.98. The summed E-state index contributed by atoms with van der Waals surface area (Å²) in [5.41, 5.74) is 1.07. The van der Waals surface area contributed by atoms with Crippen LogP contribution in [-0.4, -0.2) is 6.23 Å². The minimum Gasteiger partial charge on any atom is -0.468 e. The Bertz CT molecular complexity index is 467. The molecule has 16 heavy (non-hydrogen) atoms. The zero-order valence-corrected chi connectivity index (χ0v) is 10.3. The normalized spacial score (nSPS) is 26.1. The van der Waals surface area contributed by atoms with Gasteiger partial charge >= 0.3 is 0 Å². The van der Waals surface area contributed by atoms with Crippen LogP contribution in [0.1, 0.15) is 6.42 Å². The number of rotatable bonds is 1. The number of hydrogen-bond acceptors (Lipinski definition) is 2. The van der Waals surface area contributed by atoms with Gasteiger partial charge in [0.1, 0.15) is 5.75 Å². The molecule has 1 aliphatic carbocycles. The average molecular weight is 278 g/mol. The molecule has 2 atom stereocenters. The minimum atomic E-state index is 0.0508. The topological polar surface area (TPSA) is 21.3 Å². The van der Waals surface area contributed by atoms with Crippen LogP contribution in [0.2, 0.25) is 0 Å². The maximum atomic E-state index is 5.90. The van der Waals surface area contributed by atoms with Crippen LogP contribution < -0.4 is 10.1 Å². The van der Waals surface area contributed by atoms with Gasteiger partial charge in [-0.05, 0) is 34.5 Å². The van der Waals surface area contributed by atoms with Crippen LogP contribution in [-0.2, 0) is 0 Å². The predicted molar refractivity (Wildman–Crippen MR) is 68.6 cm³/mol. The van der Waals surface area contributed by atoms with Gasteiger partial charge in [0.05, 0.1) is 5.69 Å². The fourth-order valence-corrected chi connectivity index (χ4v) is 2.53. The second-order valence-electron chi connectivity index (χ2n) is 4.01. The number of para-hydroxylation sites is 1. The molecule has 1 aromatic carbocycles. The van der Waals surface area contributed by atoms with E-state index in [1.807, 2.05) is 18.2 Å². The van der Waals surface area contributed by atoms with Crippen LogP contribution in [0.4, 0.5) is 5.69 Å². The van der Waals surface area contributed by atoms with E-state index in [0.29, 0.717) is 5.92 Å². The van der Waals surface area contributed by atoms with Crippen molar-refractivity contribution in [1.29, 1.82) is 0 Å². The summed E-state index contributed by atoms with van der Waals surface area (Å²) >= 11 is 3.52. The maximum Gasteiger partial charge on any atom is 0.176 e. The molecule has 0 fully saturated rings. The SMILES string of the molecule is Brc1cccc2c1NC(C1C=CC=CC1)O2. The zero-order chi connectivity index (χ0) is 11.0. The zero-order valence-electron chi connectivity index (χ0n) is 8.69. The van der Waals surface area contributed by atoms with Crippen LogP contribution in [0.15, 0.2) is 47.0 Å². The van der Waals surface area contributed by atoms with E-state index in [1.165, 1.54) is 0 Å². The van der Waals surface area contributed by atoms with E-state index in [9.17, 15) is 0 Å². The van der Waals surface area contributed by atoms with Crippen molar-refractivity contribution >= 4 is 21.6 Å². The van der Waals surface area contributed by atoms with Gasteiger partial charge in [-0.25, -0.2) is 0 Å². The van der Waals surface area contributed by atoms with E-state index in [2.05, 4.69) is 45.6 Å². The van der Waals surface area contributed by atoms with Gasteiger partial charge in [-0.15, -0.1) is 0 Å². The van der Waals surface area contributed by atoms with Gasteiger partial charge in [0, 0.05) is 10.4 Å². The molecule has 3 heteroatoms. The molecule has 0 saturated heterocycles. The van der Waals surface area contributed by atoms with Gasteiger partial charge in [-0.1, -0.05) is 30.4 Å². The highest BCUT2D eigenvalue weighted by atomic mass is 79.9. The Balaban J connectivity index is 1.83. The van der Waals surface area contributed by atoms with Crippen molar-refractivity contribution in [3.8, 4) is 5.75 Å². The van der Waals surface area contributed by atoms with Gasteiger partial charge in [0.2, 0.25) is 0 Å². The summed E-state index contributed by atoms with van der Waals surface area (Å²) in [6.07, 6.45) is 9.60. The van der Waals surface area contributed by atoms with Gasteiger partial charge < -0.3 is 10.1 Å². The first-order valence-corrected chi connectivity index (χ1v) is 6.19. The monoisotopic (exact) mass is 277 g/mol. The largest absolute Gasteiger partial charge is 0.468 e. The molecule has 2 aliphatic rings. The first kappa shape index (κ1) is 9.97. The molecular weight excluding hydrogens is 266 g/mol. The second-order valence-corrected chi connectivity index (χ2v) is 4.86. The Kier molecular flexibility index (Phi) is 2.48. The third kappa shape index (κ3) is 1.65. The highest BCUT2D eigenvalue weighted by Crippen LogP contribution is 2.40. The molecule has 1 aromatic rings. The molecule has 0 amide bonds. The van der Waals surface area contributed by atoms with Crippen molar-refractivity contribution in [3.05, 3.63) is 47.0 Å². The van der Waals surface area contributed by atoms with Crippen molar-refractivity contribution in [1.82, 2.24) is 0 Å². The number of benzene rings is 1. The predicted octanol–water partition coefficient (Wildman–Crippen LogP) is 3.71. The molecule has 2 nitrogen and oxygen atoms in total. The fraction of sp³-hybridized carbons (Fsp3) is 0.231. The first-order valence-electron chi connectivity index (χ1n) is 5.39. The molecule has 0 radical (unpaired) electrons. The Labute approximate surface area is 103 Å². The van der Waals surface area contributed by atoms with Crippen molar-refractivity contribution in [3.63, 3.8) is 0 Å². The van der Waals surface area contributed by atoms with Gasteiger partial charge in [-0.2, -0.15) is 0 Å². The van der Waals surface area contributed by atoms with Crippen molar-refractivity contribution in [2.24, 2.45) is 5.92 Å². The lowest BCUT2D eigenvalue weighted by Crippen LogP contribution is -2.29. The molecule has 1 N–H and O–H groups in total. The van der Waals surface area contributed by atoms with Crippen molar-refractivity contribution < 1.29 is 4.74 Å². The summed E-state index contributed by atoms with van der Waals surface area (Å²) in [6, 6.07) is 6.01. The van der Waals surface area contributed by atoms with Gasteiger partial charge in [0.15, 0.2) is 6.23 Å². The summed E-state index contributed by atoms with van der Waals surface area (Å²) in [5, 5.41) is 3.42. The first-order chi connectivity index (χ1) is 7.84. The van der Waals surface area contributed by atoms with E-state index >= 15 is 0 Å². The molecule has 0 bridgehead atoms. The Hall–Kier alpha value is -1.22. The Morgan fingerprint density at radius 1 is 1.31 bits per heavy atom. The van der Waals surface area contributed by atoms with E-state index < -0.39 is 0 Å². The van der Waals surface area contributed by atoms with Crippen LogP contribution >= 0.6 is 15.9 Å². The number of hydrogen-bond donors (Lipinski definition) is 1. The van der Waals surface area contributed by atoms with Crippen LogP contribution in [0.25, 0.3) is 0 Å². The lowest BCUT2D eigenvalue weighted by atomic mass is 9.99. The highest BCUT2D eigenvalue weighted by molar-refractivity contribution is 9.10. The van der Waals surface area contributed by atoms with Crippen LogP contribution in [0.3, 0.4) is 0 Å². The van der Waals surface area contributed by atoms with Crippen molar-refractivity contribution in [2.75, 3.05) is 5.32 Å². The summed E-state index contributed by atoms with van der Waals surface area (Å²) in [4.78, 5) is 0. The fourth-order valence-electron chi connectivity index (χ4n) is 2.07. The maximum absolute atomic E-state index is 5.90. The number of nitrogens with one attached hydrogen (secondary N) is 1. The molecule has 0 spiro atoms. The number of fused-ring (bicyclic) bond motifs is 1. The van der Waals surface area contributed by atoms with E-state index in [4.69, 9.17) is 4.74 Å². The Morgan fingerprint density at radius 3 is 3.00 bits per heavy atom. The third-order valence-corrected chi connectivity index (χ3v) is 3.58. The number of ether oxygens (including phenoxy) is 1. The highest BCUT2D eigenvalue weighted by Gasteiger charge is 2.29. The lowest BCUT2D eigenvalue weighted by Gasteiger charge is -2.20. The number of allylic oxidation sites excluding steroid dienone is 3. The molecule has 82 valence electrons. The number of anilines is 1. The summed E-state index contributed by atoms with van der Waals surface area (Å²) in [5.74, 6) is 1.34. The number of halogens is 1. The van der Waals surface area contributed by atoms with Crippen molar-refractivity contribution in [2.45, 2.75) is 12.6 Å². The van der Waals surface area contributed by atoms with E-state index in [1.54, 1.807) is 0 Å². The molecule has 2 unspecified atom stereocenters. The average Bonchev–Trinajstić information content (AvgIpc) is 2.76. The van der Waals surface area contributed by atoms with Crippen LogP contribution in [0.5, 0.6) is 5.75 Å². The lowest BCUT2D eigenvalue weighted by molar-refractivity contribution is 0.204. The van der Waals surface area contributed by atoms with Crippen LogP contribution in [0, 0.1) is 5.92 Å². The molecule has 1 heterocycles. The van der Waals surface area contributed by atoms with Gasteiger partial charge in [0.25, 0.3) is 0 Å². The van der Waals surface area contributed by atoms with E-state index in [-0.39, 0.29) is 6.23 Å². The minimum absolute atomic E-state index is 0.0508. The quantitative estimate of drug-likeness (QED) is 0.845. The standard InChI is InChI=1S/C13H12BrNO/c14-10-7-4-8-11-12(10)15-13(16-11)9-5-2-1-3-6-9/h1-5,7-9,13,15H,6H2. The summed E-state index contributed by atoms with van der Waals surface area (Å²) in [7, 11) is 0. The molecule has 3 rings (SSSR count). The molecule has 0 saturated carbocycles. The van der Waals surface area contributed by atoms with Gasteiger partial charge in [-0.3, -0.25) is 0 Å². The molecule has 0 aromatic heterocycles. The van der Waals surface area contributed by atoms with E-state index in [0.717, 1.165) is 22.3 Å². The third-order valence-electron chi connectivity index (χ3n) is 2.92.